The van der Waals surface area contributed by atoms with E-state index in [-0.39, 0.29) is 0 Å². The predicted molar refractivity (Wildman–Crippen MR) is 241 cm³/mol. The van der Waals surface area contributed by atoms with Gasteiger partial charge < -0.3 is 0 Å². The number of hydrogen-bond acceptors (Lipinski definition) is 0. The van der Waals surface area contributed by atoms with Gasteiger partial charge in [-0.15, -0.1) is 0 Å². The van der Waals surface area contributed by atoms with Gasteiger partial charge in [-0.3, -0.25) is 0 Å². The van der Waals surface area contributed by atoms with Gasteiger partial charge in [0.15, 0.2) is 0 Å². The summed E-state index contributed by atoms with van der Waals surface area (Å²) >= 11 is 0. The average Bonchev–Trinajstić information content (AvgIpc) is 3.28. The van der Waals surface area contributed by atoms with E-state index < -0.39 is 0 Å². The minimum atomic E-state index is 1.22. The summed E-state index contributed by atoms with van der Waals surface area (Å²) in [5, 5.41) is 12.6. The van der Waals surface area contributed by atoms with Crippen molar-refractivity contribution in [3.05, 3.63) is 218 Å². The maximum Gasteiger partial charge on any atom is -0.00139 e. The Labute approximate surface area is 326 Å². The Hall–Kier alpha value is -7.28. The van der Waals surface area contributed by atoms with E-state index in [1.807, 2.05) is 0 Å². The molecule has 0 aromatic heterocycles. The van der Waals surface area contributed by atoms with Gasteiger partial charge in [0.2, 0.25) is 0 Å². The molecule has 0 heteroatoms. The van der Waals surface area contributed by atoms with Crippen LogP contribution in [0.15, 0.2) is 218 Å². The molecule has 11 rings (SSSR count). The highest BCUT2D eigenvalue weighted by atomic mass is 14.2. The van der Waals surface area contributed by atoms with Crippen molar-refractivity contribution in [2.75, 3.05) is 0 Å². The Balaban J connectivity index is 1.16. The minimum absolute atomic E-state index is 1.22. The average molecular weight is 709 g/mol. The Morgan fingerprint density at radius 3 is 0.857 bits per heavy atom. The Bertz CT molecular complexity index is 3150. The van der Waals surface area contributed by atoms with Crippen LogP contribution in [-0.2, 0) is 0 Å². The monoisotopic (exact) mass is 708 g/mol. The second-order valence-electron chi connectivity index (χ2n) is 14.8. The molecule has 0 unspecified atom stereocenters. The van der Waals surface area contributed by atoms with Gasteiger partial charge in [-0.25, -0.2) is 0 Å². The summed E-state index contributed by atoms with van der Waals surface area (Å²) in [6, 6.07) is 80.3. The molecule has 0 saturated carbocycles. The van der Waals surface area contributed by atoms with Gasteiger partial charge in [0.25, 0.3) is 0 Å². The maximum absolute atomic E-state index is 2.38. The number of fused-ring (bicyclic) bond motifs is 5. The number of rotatable bonds is 5. The van der Waals surface area contributed by atoms with Gasteiger partial charge >= 0.3 is 0 Å². The smallest absolute Gasteiger partial charge is 0.00139 e. The van der Waals surface area contributed by atoms with Crippen LogP contribution < -0.4 is 0 Å². The first kappa shape index (κ1) is 32.2. The van der Waals surface area contributed by atoms with Crippen molar-refractivity contribution in [2.45, 2.75) is 0 Å². The summed E-state index contributed by atoms with van der Waals surface area (Å²) in [6.45, 7) is 0. The SMILES string of the molecule is c1ccc(-c2ccc(-c3c4ccccc4c(-c4c5ccccc5c(-c5ccc6cc(-c7ccccc7)ccc6c5)c5ccccc45)c4ccccc34)cc2)cc1. The predicted octanol–water partition coefficient (Wildman–Crippen LogP) is 15.8. The van der Waals surface area contributed by atoms with Gasteiger partial charge in [0, 0.05) is 0 Å². The number of benzene rings is 11. The third kappa shape index (κ3) is 5.22. The van der Waals surface area contributed by atoms with Crippen LogP contribution in [0.2, 0.25) is 0 Å². The topological polar surface area (TPSA) is 0 Å². The van der Waals surface area contributed by atoms with Gasteiger partial charge in [-0.2, -0.15) is 0 Å². The van der Waals surface area contributed by atoms with Crippen LogP contribution in [0, 0.1) is 0 Å². The molecule has 11 aromatic rings. The van der Waals surface area contributed by atoms with Gasteiger partial charge in [0.05, 0.1) is 0 Å². The molecule has 11 aromatic carbocycles. The van der Waals surface area contributed by atoms with Gasteiger partial charge in [-0.05, 0) is 122 Å². The van der Waals surface area contributed by atoms with Crippen molar-refractivity contribution in [3.8, 4) is 55.6 Å². The summed E-state index contributed by atoms with van der Waals surface area (Å²) in [6.07, 6.45) is 0. The molecule has 0 aliphatic carbocycles. The molecule has 260 valence electrons. The quantitative estimate of drug-likeness (QED) is 0.156. The Kier molecular flexibility index (Phi) is 7.60. The van der Waals surface area contributed by atoms with E-state index in [1.165, 1.54) is 109 Å². The molecule has 0 spiro atoms. The van der Waals surface area contributed by atoms with Crippen LogP contribution >= 0.6 is 0 Å². The molecule has 0 aliphatic rings. The molecule has 0 atom stereocenters. The van der Waals surface area contributed by atoms with Crippen LogP contribution in [0.25, 0.3) is 109 Å². The van der Waals surface area contributed by atoms with Crippen LogP contribution in [0.5, 0.6) is 0 Å². The van der Waals surface area contributed by atoms with E-state index in [2.05, 4.69) is 218 Å². The second kappa shape index (κ2) is 13.2. The second-order valence-corrected chi connectivity index (χ2v) is 14.8. The zero-order chi connectivity index (χ0) is 37.0. The third-order valence-electron chi connectivity index (χ3n) is 11.6. The van der Waals surface area contributed by atoms with E-state index in [9.17, 15) is 0 Å². The van der Waals surface area contributed by atoms with Gasteiger partial charge in [-0.1, -0.05) is 206 Å². The standard InChI is InChI=1S/C56H36/c1-3-15-37(16-4-1)39-27-29-40(30-28-39)53-45-19-7-11-23-49(45)55(50-24-12-8-20-46(50)53)56-51-25-13-9-21-47(51)54(48-22-10-14-26-52(48)56)44-34-33-42-35-41(31-32-43(42)36-44)38-17-5-2-6-18-38/h1-36H. The molecule has 56 heavy (non-hydrogen) atoms. The highest BCUT2D eigenvalue weighted by molar-refractivity contribution is 6.30. The van der Waals surface area contributed by atoms with E-state index in [4.69, 9.17) is 0 Å². The fraction of sp³-hybridized carbons (Fsp3) is 0. The van der Waals surface area contributed by atoms with E-state index in [1.54, 1.807) is 0 Å². The first-order valence-electron chi connectivity index (χ1n) is 19.4. The highest BCUT2D eigenvalue weighted by Gasteiger charge is 2.22. The first-order valence-corrected chi connectivity index (χ1v) is 19.4. The molecule has 0 heterocycles. The molecule has 0 nitrogen and oxygen atoms in total. The molecule has 0 aliphatic heterocycles. The van der Waals surface area contributed by atoms with Gasteiger partial charge in [0.1, 0.15) is 0 Å². The Morgan fingerprint density at radius 2 is 0.429 bits per heavy atom. The van der Waals surface area contributed by atoms with Crippen LogP contribution in [0.1, 0.15) is 0 Å². The summed E-state index contributed by atoms with van der Waals surface area (Å²) in [7, 11) is 0. The summed E-state index contributed by atoms with van der Waals surface area (Å²) in [5.74, 6) is 0. The van der Waals surface area contributed by atoms with Crippen LogP contribution in [0.4, 0.5) is 0 Å². The summed E-state index contributed by atoms with van der Waals surface area (Å²) in [5.41, 5.74) is 12.5. The number of hydrogen-bond donors (Lipinski definition) is 0. The summed E-state index contributed by atoms with van der Waals surface area (Å²) in [4.78, 5) is 0. The zero-order valence-corrected chi connectivity index (χ0v) is 30.8. The summed E-state index contributed by atoms with van der Waals surface area (Å²) < 4.78 is 0. The van der Waals surface area contributed by atoms with Crippen molar-refractivity contribution in [3.63, 3.8) is 0 Å². The molecular weight excluding hydrogens is 673 g/mol. The zero-order valence-electron chi connectivity index (χ0n) is 30.8. The van der Waals surface area contributed by atoms with Crippen molar-refractivity contribution in [2.24, 2.45) is 0 Å². The lowest BCUT2D eigenvalue weighted by molar-refractivity contribution is 1.61. The van der Waals surface area contributed by atoms with Crippen molar-refractivity contribution in [1.82, 2.24) is 0 Å². The lowest BCUT2D eigenvalue weighted by Crippen LogP contribution is -1.94. The lowest BCUT2D eigenvalue weighted by Gasteiger charge is -2.22. The Morgan fingerprint density at radius 1 is 0.161 bits per heavy atom. The van der Waals surface area contributed by atoms with Crippen molar-refractivity contribution < 1.29 is 0 Å². The minimum Gasteiger partial charge on any atom is -0.0622 e. The van der Waals surface area contributed by atoms with Crippen molar-refractivity contribution >= 4 is 53.9 Å². The molecule has 0 fully saturated rings. The van der Waals surface area contributed by atoms with E-state index in [0.717, 1.165) is 0 Å². The van der Waals surface area contributed by atoms with E-state index in [0.29, 0.717) is 0 Å². The largest absolute Gasteiger partial charge is 0.0622 e. The molecule has 0 N–H and O–H groups in total. The van der Waals surface area contributed by atoms with Crippen LogP contribution in [-0.4, -0.2) is 0 Å². The molecule has 0 radical (unpaired) electrons. The molecule has 0 saturated heterocycles. The molecular formula is C56H36. The fourth-order valence-corrected chi connectivity index (χ4v) is 9.09. The normalized spacial score (nSPS) is 11.6. The van der Waals surface area contributed by atoms with Crippen molar-refractivity contribution in [1.29, 1.82) is 0 Å². The van der Waals surface area contributed by atoms with Crippen LogP contribution in [0.3, 0.4) is 0 Å². The van der Waals surface area contributed by atoms with E-state index >= 15 is 0 Å². The molecule has 0 bridgehead atoms. The fourth-order valence-electron chi connectivity index (χ4n) is 9.09. The first-order chi connectivity index (χ1) is 27.8. The third-order valence-corrected chi connectivity index (χ3v) is 11.6. The molecule has 0 amide bonds. The lowest BCUT2D eigenvalue weighted by atomic mass is 9.81. The highest BCUT2D eigenvalue weighted by Crippen LogP contribution is 2.50. The maximum atomic E-state index is 2.38.